The monoisotopic (exact) mass is 441 g/mol. The van der Waals surface area contributed by atoms with Gasteiger partial charge in [0.05, 0.1) is 11.7 Å². The van der Waals surface area contributed by atoms with Gasteiger partial charge in [-0.3, -0.25) is 9.69 Å². The normalized spacial score (nSPS) is 19.9. The van der Waals surface area contributed by atoms with Crippen LogP contribution in [0.5, 0.6) is 5.75 Å². The Labute approximate surface area is 189 Å². The molecule has 1 amide bonds. The van der Waals surface area contributed by atoms with Gasteiger partial charge < -0.3 is 19.4 Å². The van der Waals surface area contributed by atoms with Crippen molar-refractivity contribution >= 4 is 16.9 Å². The van der Waals surface area contributed by atoms with Crippen molar-refractivity contribution in [1.82, 2.24) is 15.1 Å². The first-order valence-electron chi connectivity index (χ1n) is 11.8. The highest BCUT2D eigenvalue weighted by molar-refractivity contribution is 6.05. The smallest absolute Gasteiger partial charge is 0.337 e. The average molecular weight is 442 g/mol. The highest BCUT2D eigenvalue weighted by Crippen LogP contribution is 2.34. The van der Waals surface area contributed by atoms with E-state index < -0.39 is 5.63 Å². The van der Waals surface area contributed by atoms with Crippen LogP contribution in [0.3, 0.4) is 0 Å². The van der Waals surface area contributed by atoms with E-state index in [4.69, 9.17) is 9.15 Å². The molecule has 1 aromatic carbocycles. The fourth-order valence-electron chi connectivity index (χ4n) is 5.11. The van der Waals surface area contributed by atoms with Gasteiger partial charge in [-0.2, -0.15) is 0 Å². The molecule has 1 aliphatic carbocycles. The number of benzene rings is 1. The molecule has 2 fully saturated rings. The van der Waals surface area contributed by atoms with Crippen molar-refractivity contribution in [2.45, 2.75) is 57.6 Å². The summed E-state index contributed by atoms with van der Waals surface area (Å²) in [6.07, 6.45) is 5.85. The Morgan fingerprint density at radius 2 is 1.84 bits per heavy atom. The third kappa shape index (κ3) is 4.99. The topological polar surface area (TPSA) is 75.0 Å². The summed E-state index contributed by atoms with van der Waals surface area (Å²) in [5.41, 5.74) is 0.197. The second-order valence-corrected chi connectivity index (χ2v) is 9.56. The summed E-state index contributed by atoms with van der Waals surface area (Å²) in [6, 6.07) is 6.58. The van der Waals surface area contributed by atoms with Gasteiger partial charge in [-0.15, -0.1) is 0 Å². The van der Waals surface area contributed by atoms with Crippen LogP contribution in [0.25, 0.3) is 11.0 Å². The van der Waals surface area contributed by atoms with Gasteiger partial charge in [0.25, 0.3) is 5.91 Å². The fourth-order valence-corrected chi connectivity index (χ4v) is 5.11. The molecule has 1 aromatic heterocycles. The molecule has 1 saturated heterocycles. The summed E-state index contributed by atoms with van der Waals surface area (Å²) in [4.78, 5) is 30.4. The molecule has 174 valence electrons. The summed E-state index contributed by atoms with van der Waals surface area (Å²) in [5, 5.41) is 3.80. The van der Waals surface area contributed by atoms with Crippen LogP contribution >= 0.6 is 0 Å². The van der Waals surface area contributed by atoms with Gasteiger partial charge in [-0.05, 0) is 45.9 Å². The maximum atomic E-state index is 13.2. The van der Waals surface area contributed by atoms with Gasteiger partial charge in [-0.25, -0.2) is 4.79 Å². The van der Waals surface area contributed by atoms with Crippen LogP contribution in [0.1, 0.15) is 56.3 Å². The lowest BCUT2D eigenvalue weighted by Gasteiger charge is -2.49. The van der Waals surface area contributed by atoms with E-state index in [1.807, 2.05) is 19.9 Å². The van der Waals surface area contributed by atoms with Crippen LogP contribution in [0, 0.1) is 0 Å². The third-order valence-electron chi connectivity index (χ3n) is 6.87. The van der Waals surface area contributed by atoms with Gasteiger partial charge >= 0.3 is 5.63 Å². The average Bonchev–Trinajstić information content (AvgIpc) is 2.77. The first-order valence-corrected chi connectivity index (χ1v) is 11.8. The number of nitrogens with zero attached hydrogens (tertiary/aromatic N) is 2. The Balaban J connectivity index is 1.55. The number of ether oxygens (including phenoxy) is 1. The van der Waals surface area contributed by atoms with E-state index in [0.29, 0.717) is 28.8 Å². The molecule has 1 N–H and O–H groups in total. The highest BCUT2D eigenvalue weighted by Gasteiger charge is 2.39. The molecule has 2 aliphatic rings. The van der Waals surface area contributed by atoms with Crippen molar-refractivity contribution < 1.29 is 13.9 Å². The molecule has 1 saturated carbocycles. The summed E-state index contributed by atoms with van der Waals surface area (Å²) in [7, 11) is 2.16. The molecule has 0 atom stereocenters. The van der Waals surface area contributed by atoms with E-state index in [-0.39, 0.29) is 17.6 Å². The maximum absolute atomic E-state index is 13.2. The number of carbonyl (C=O) groups excluding carboxylic acids is 1. The van der Waals surface area contributed by atoms with Gasteiger partial charge in [-0.1, -0.05) is 19.3 Å². The summed E-state index contributed by atoms with van der Waals surface area (Å²) in [6.45, 7) is 8.65. The van der Waals surface area contributed by atoms with Crippen molar-refractivity contribution in [2.75, 3.05) is 39.8 Å². The highest BCUT2D eigenvalue weighted by atomic mass is 16.5. The van der Waals surface area contributed by atoms with Crippen molar-refractivity contribution in [2.24, 2.45) is 0 Å². The predicted octanol–water partition coefficient (Wildman–Crippen LogP) is 3.26. The molecule has 7 nitrogen and oxygen atoms in total. The van der Waals surface area contributed by atoms with Crippen LogP contribution in [-0.2, 0) is 0 Å². The van der Waals surface area contributed by atoms with E-state index in [1.54, 1.807) is 12.1 Å². The Hall–Kier alpha value is -2.38. The molecule has 0 unspecified atom stereocenters. The van der Waals surface area contributed by atoms with Crippen LogP contribution in [-0.4, -0.2) is 67.1 Å². The fraction of sp³-hybridized carbons (Fsp3) is 0.600. The Morgan fingerprint density at radius 1 is 1.12 bits per heavy atom. The van der Waals surface area contributed by atoms with Crippen LogP contribution in [0.4, 0.5) is 0 Å². The lowest BCUT2D eigenvalue weighted by atomic mass is 9.79. The number of carbonyl (C=O) groups is 1. The van der Waals surface area contributed by atoms with Crippen LogP contribution < -0.4 is 15.7 Å². The van der Waals surface area contributed by atoms with E-state index in [2.05, 4.69) is 22.2 Å². The molecule has 0 spiro atoms. The Morgan fingerprint density at radius 3 is 2.53 bits per heavy atom. The van der Waals surface area contributed by atoms with Gasteiger partial charge in [0.15, 0.2) is 0 Å². The first kappa shape index (κ1) is 22.8. The maximum Gasteiger partial charge on any atom is 0.337 e. The number of fused-ring (bicyclic) bond motifs is 1. The van der Waals surface area contributed by atoms with Crippen molar-refractivity contribution in [3.8, 4) is 5.75 Å². The van der Waals surface area contributed by atoms with Gasteiger partial charge in [0, 0.05) is 55.8 Å². The zero-order valence-electron chi connectivity index (χ0n) is 19.5. The van der Waals surface area contributed by atoms with Crippen molar-refractivity contribution in [1.29, 1.82) is 0 Å². The lowest BCUT2D eigenvalue weighted by molar-refractivity contribution is 0.0138. The third-order valence-corrected chi connectivity index (χ3v) is 6.87. The van der Waals surface area contributed by atoms with Crippen LogP contribution in [0.15, 0.2) is 33.5 Å². The summed E-state index contributed by atoms with van der Waals surface area (Å²) >= 11 is 0. The second-order valence-electron chi connectivity index (χ2n) is 9.56. The zero-order valence-corrected chi connectivity index (χ0v) is 19.5. The minimum Gasteiger partial charge on any atom is -0.491 e. The van der Waals surface area contributed by atoms with E-state index in [9.17, 15) is 9.59 Å². The molecule has 2 heterocycles. The molecule has 2 aromatic rings. The van der Waals surface area contributed by atoms with Crippen molar-refractivity contribution in [3.05, 3.63) is 40.2 Å². The molecule has 0 bridgehead atoms. The minimum absolute atomic E-state index is 0.00268. The largest absolute Gasteiger partial charge is 0.491 e. The van der Waals surface area contributed by atoms with Gasteiger partial charge in [0.2, 0.25) is 0 Å². The number of hydrogen-bond acceptors (Lipinski definition) is 6. The number of piperazine rings is 1. The predicted molar refractivity (Wildman–Crippen MR) is 125 cm³/mol. The molecular weight excluding hydrogens is 406 g/mol. The molecule has 0 radical (unpaired) electrons. The molecule has 32 heavy (non-hydrogen) atoms. The Kier molecular flexibility index (Phi) is 6.86. The van der Waals surface area contributed by atoms with E-state index in [0.717, 1.165) is 39.0 Å². The first-order chi connectivity index (χ1) is 15.4. The number of rotatable bonds is 6. The molecule has 7 heteroatoms. The summed E-state index contributed by atoms with van der Waals surface area (Å²) < 4.78 is 11.1. The molecule has 1 aliphatic heterocycles. The number of hydrogen-bond donors (Lipinski definition) is 1. The second kappa shape index (κ2) is 9.63. The van der Waals surface area contributed by atoms with Crippen molar-refractivity contribution in [3.63, 3.8) is 0 Å². The minimum atomic E-state index is -0.532. The molecular formula is C25H35N3O4. The number of amides is 1. The summed E-state index contributed by atoms with van der Waals surface area (Å²) in [5.74, 6) is 0.393. The molecule has 4 rings (SSSR count). The van der Waals surface area contributed by atoms with E-state index >= 15 is 0 Å². The van der Waals surface area contributed by atoms with E-state index in [1.165, 1.54) is 25.3 Å². The zero-order chi connectivity index (χ0) is 22.7. The van der Waals surface area contributed by atoms with Gasteiger partial charge in [0.1, 0.15) is 11.3 Å². The quantitative estimate of drug-likeness (QED) is 0.694. The SMILES string of the molecule is CC(C)Oc1ccc2c(C(=O)NCC3(N4CCN(C)CC4)CCCCC3)cc(=O)oc2c1. The number of nitrogens with one attached hydrogen (secondary N) is 1. The number of likely N-dealkylation sites (N-methyl/N-ethyl adjacent to an activating group) is 1. The standard InChI is InChI=1S/C25H35N3O4/c1-18(2)31-19-7-8-20-21(16-23(29)32-22(20)15-19)24(30)26-17-25(9-5-4-6-10-25)28-13-11-27(3)12-14-28/h7-8,15-16,18H,4-6,9-14,17H2,1-3H3,(H,26,30). The Bertz CT molecular complexity index is 1000. The van der Waals surface area contributed by atoms with Crippen LogP contribution in [0.2, 0.25) is 0 Å². The lowest BCUT2D eigenvalue weighted by Crippen LogP contribution is -2.61.